The largest absolute Gasteiger partial charge is 0.493 e. The van der Waals surface area contributed by atoms with Crippen LogP contribution >= 0.6 is 0 Å². The first-order valence-corrected chi connectivity index (χ1v) is 13.2. The third-order valence-electron chi connectivity index (χ3n) is 7.41. The molecular formula is C30H31FO8. The number of benzene rings is 3. The van der Waals surface area contributed by atoms with Crippen molar-refractivity contribution < 1.29 is 43.4 Å². The summed E-state index contributed by atoms with van der Waals surface area (Å²) in [5.74, 6) is 2.54. The highest BCUT2D eigenvalue weighted by molar-refractivity contribution is 5.59. The van der Waals surface area contributed by atoms with Crippen LogP contribution in [0.5, 0.6) is 23.0 Å². The first-order valence-electron chi connectivity index (χ1n) is 13.2. The van der Waals surface area contributed by atoms with Gasteiger partial charge in [-0.3, -0.25) is 0 Å². The second-order valence-corrected chi connectivity index (χ2v) is 9.99. The Labute approximate surface area is 225 Å². The lowest BCUT2D eigenvalue weighted by molar-refractivity contribution is -0.214. The van der Waals surface area contributed by atoms with Crippen molar-refractivity contribution in [2.75, 3.05) is 26.4 Å². The fourth-order valence-corrected chi connectivity index (χ4v) is 5.44. The van der Waals surface area contributed by atoms with Crippen LogP contribution in [-0.2, 0) is 24.2 Å². The summed E-state index contributed by atoms with van der Waals surface area (Å²) < 4.78 is 44.3. The van der Waals surface area contributed by atoms with Gasteiger partial charge in [-0.25, -0.2) is 4.39 Å². The smallest absolute Gasteiger partial charge is 0.161 e. The molecule has 0 bridgehead atoms. The van der Waals surface area contributed by atoms with Gasteiger partial charge in [-0.1, -0.05) is 36.4 Å². The van der Waals surface area contributed by atoms with Crippen LogP contribution in [0.4, 0.5) is 4.39 Å². The number of aliphatic hydroxyl groups is 3. The molecule has 3 heterocycles. The molecule has 1 saturated heterocycles. The summed E-state index contributed by atoms with van der Waals surface area (Å²) in [6.45, 7) is 1.05. The van der Waals surface area contributed by atoms with Crippen molar-refractivity contribution >= 4 is 0 Å². The molecule has 6 rings (SSSR count). The molecule has 0 spiro atoms. The third-order valence-corrected chi connectivity index (χ3v) is 7.41. The molecule has 1 fully saturated rings. The zero-order chi connectivity index (χ0) is 26.9. The second kappa shape index (κ2) is 11.0. The lowest BCUT2D eigenvalue weighted by atomic mass is 9.88. The van der Waals surface area contributed by atoms with Gasteiger partial charge in [0.2, 0.25) is 0 Å². The highest BCUT2D eigenvalue weighted by Gasteiger charge is 2.46. The van der Waals surface area contributed by atoms with Gasteiger partial charge in [-0.2, -0.15) is 0 Å². The van der Waals surface area contributed by atoms with E-state index in [0.29, 0.717) is 61.2 Å². The monoisotopic (exact) mass is 538 g/mol. The minimum Gasteiger partial charge on any atom is -0.493 e. The molecule has 0 amide bonds. The summed E-state index contributed by atoms with van der Waals surface area (Å²) in [4.78, 5) is 0. The Morgan fingerprint density at radius 2 is 1.67 bits per heavy atom. The number of alkyl halides is 1. The van der Waals surface area contributed by atoms with Crippen molar-refractivity contribution in [3.8, 4) is 23.0 Å². The lowest BCUT2D eigenvalue weighted by Gasteiger charge is -2.40. The zero-order valence-electron chi connectivity index (χ0n) is 21.3. The lowest BCUT2D eigenvalue weighted by Crippen LogP contribution is -2.53. The Morgan fingerprint density at radius 1 is 0.872 bits per heavy atom. The molecule has 0 saturated carbocycles. The molecule has 3 aromatic rings. The van der Waals surface area contributed by atoms with Crippen molar-refractivity contribution in [1.29, 1.82) is 0 Å². The molecule has 3 aromatic carbocycles. The summed E-state index contributed by atoms with van der Waals surface area (Å²) in [5.41, 5.74) is 4.03. The van der Waals surface area contributed by atoms with Gasteiger partial charge < -0.3 is 39.0 Å². The van der Waals surface area contributed by atoms with Crippen LogP contribution in [0.25, 0.3) is 0 Å². The maximum atomic E-state index is 14.6. The molecule has 0 radical (unpaired) electrons. The van der Waals surface area contributed by atoms with Crippen molar-refractivity contribution in [2.45, 2.75) is 50.0 Å². The Bertz CT molecular complexity index is 1310. The van der Waals surface area contributed by atoms with Gasteiger partial charge in [0.1, 0.15) is 55.7 Å². The van der Waals surface area contributed by atoms with E-state index in [1.165, 1.54) is 0 Å². The van der Waals surface area contributed by atoms with E-state index in [-0.39, 0.29) is 6.61 Å². The summed E-state index contributed by atoms with van der Waals surface area (Å²) in [7, 11) is 0. The van der Waals surface area contributed by atoms with Crippen molar-refractivity contribution in [1.82, 2.24) is 0 Å². The number of fused-ring (bicyclic) bond motifs is 2. The predicted octanol–water partition coefficient (Wildman–Crippen LogP) is 3.05. The van der Waals surface area contributed by atoms with Crippen LogP contribution in [-0.4, -0.2) is 66.2 Å². The van der Waals surface area contributed by atoms with Gasteiger partial charge in [-0.05, 0) is 34.9 Å². The van der Waals surface area contributed by atoms with Crippen molar-refractivity contribution in [3.05, 3.63) is 82.4 Å². The molecule has 3 aliphatic heterocycles. The average molecular weight is 539 g/mol. The molecule has 0 aromatic heterocycles. The van der Waals surface area contributed by atoms with Crippen LogP contribution in [0.15, 0.2) is 54.6 Å². The molecule has 5 atom stereocenters. The molecule has 39 heavy (non-hydrogen) atoms. The summed E-state index contributed by atoms with van der Waals surface area (Å²) in [6, 6.07) is 17.2. The van der Waals surface area contributed by atoms with Gasteiger partial charge in [0, 0.05) is 24.0 Å². The van der Waals surface area contributed by atoms with Gasteiger partial charge >= 0.3 is 0 Å². The van der Waals surface area contributed by atoms with Gasteiger partial charge in [-0.15, -0.1) is 0 Å². The maximum absolute atomic E-state index is 14.6. The number of hydrogen-bond acceptors (Lipinski definition) is 8. The van der Waals surface area contributed by atoms with Crippen molar-refractivity contribution in [3.63, 3.8) is 0 Å². The summed E-state index contributed by atoms with van der Waals surface area (Å²) in [5, 5.41) is 31.1. The normalized spacial score (nSPS) is 25.6. The van der Waals surface area contributed by atoms with E-state index in [9.17, 15) is 19.7 Å². The molecule has 3 N–H and O–H groups in total. The molecular weight excluding hydrogens is 507 g/mol. The standard InChI is InChI=1S/C30H31FO8/c31-25-24(15-32)39-30(27(34)26(25)33)21-14-19(12-18-6-7-22-23(13-18)36-11-10-35-22)28-20(8-9-37-28)29(21)38-16-17-4-2-1-3-5-17/h1-7,13-14,24-27,30,32-34H,8-12,15-16H2/t24-,25-,26+,27-,30+/m1/s1. The highest BCUT2D eigenvalue weighted by atomic mass is 19.1. The number of rotatable bonds is 7. The Balaban J connectivity index is 1.41. The predicted molar refractivity (Wildman–Crippen MR) is 138 cm³/mol. The first kappa shape index (κ1) is 25.9. The van der Waals surface area contributed by atoms with E-state index in [4.69, 9.17) is 23.7 Å². The fourth-order valence-electron chi connectivity index (χ4n) is 5.44. The molecule has 0 unspecified atom stereocenters. The van der Waals surface area contributed by atoms with Crippen LogP contribution in [0.2, 0.25) is 0 Å². The van der Waals surface area contributed by atoms with E-state index in [0.717, 1.165) is 22.3 Å². The van der Waals surface area contributed by atoms with Gasteiger partial charge in [0.25, 0.3) is 0 Å². The minimum absolute atomic E-state index is 0.252. The third kappa shape index (κ3) is 5.03. The van der Waals surface area contributed by atoms with Crippen molar-refractivity contribution in [2.24, 2.45) is 0 Å². The molecule has 3 aliphatic rings. The summed E-state index contributed by atoms with van der Waals surface area (Å²) >= 11 is 0. The SMILES string of the molecule is OC[C@H]1O[C@@H](c2cc(Cc3ccc4c(c3)OCCO4)c3c(c2OCc2ccccc2)CCO3)[C@H](O)[C@@H](O)[C@@H]1F. The van der Waals surface area contributed by atoms with Crippen LogP contribution in [0.3, 0.4) is 0 Å². The van der Waals surface area contributed by atoms with E-state index in [1.807, 2.05) is 54.6 Å². The molecule has 8 nitrogen and oxygen atoms in total. The topological polar surface area (TPSA) is 107 Å². The summed E-state index contributed by atoms with van der Waals surface area (Å²) in [6.07, 6.45) is -6.59. The molecule has 0 aliphatic carbocycles. The quantitative estimate of drug-likeness (QED) is 0.422. The number of halogens is 1. The first-order chi connectivity index (χ1) is 19.0. The molecule has 206 valence electrons. The van der Waals surface area contributed by atoms with Crippen LogP contribution in [0.1, 0.15) is 33.9 Å². The maximum Gasteiger partial charge on any atom is 0.161 e. The van der Waals surface area contributed by atoms with Crippen LogP contribution < -0.4 is 18.9 Å². The number of hydrogen-bond donors (Lipinski definition) is 3. The Kier molecular flexibility index (Phi) is 7.31. The van der Waals surface area contributed by atoms with E-state index in [1.54, 1.807) is 0 Å². The van der Waals surface area contributed by atoms with Gasteiger partial charge in [0.05, 0.1) is 13.2 Å². The average Bonchev–Trinajstić information content (AvgIpc) is 3.46. The van der Waals surface area contributed by atoms with Crippen LogP contribution in [0, 0.1) is 0 Å². The number of ether oxygens (including phenoxy) is 5. The second-order valence-electron chi connectivity index (χ2n) is 9.99. The highest BCUT2D eigenvalue weighted by Crippen LogP contribution is 2.47. The van der Waals surface area contributed by atoms with Gasteiger partial charge in [0.15, 0.2) is 17.7 Å². The Morgan fingerprint density at radius 3 is 2.46 bits per heavy atom. The molecule has 9 heteroatoms. The van der Waals surface area contributed by atoms with E-state index >= 15 is 0 Å². The fraction of sp³-hybridized carbons (Fsp3) is 0.400. The van der Waals surface area contributed by atoms with E-state index < -0.39 is 37.2 Å². The zero-order valence-corrected chi connectivity index (χ0v) is 21.3. The Hall–Kier alpha value is -3.37. The number of aliphatic hydroxyl groups excluding tert-OH is 3. The van der Waals surface area contributed by atoms with E-state index in [2.05, 4.69) is 0 Å². The minimum atomic E-state index is -1.93.